The predicted molar refractivity (Wildman–Crippen MR) is 39.5 cm³/mol. The Bertz CT molecular complexity index is 231. The maximum Gasteiger partial charge on any atom is 0.334 e. The van der Waals surface area contributed by atoms with Gasteiger partial charge in [0.25, 0.3) is 6.47 Å². The Morgan fingerprint density at radius 1 is 1.38 bits per heavy atom. The summed E-state index contributed by atoms with van der Waals surface area (Å²) < 4.78 is 8.61. The molecule has 13 heavy (non-hydrogen) atoms. The summed E-state index contributed by atoms with van der Waals surface area (Å²) in [6, 6.07) is 0. The molecule has 0 aliphatic heterocycles. The lowest BCUT2D eigenvalue weighted by atomic mass is 10.5. The first-order valence-corrected chi connectivity index (χ1v) is 3.27. The van der Waals surface area contributed by atoms with E-state index in [-0.39, 0.29) is 6.47 Å². The lowest BCUT2D eigenvalue weighted by Crippen LogP contribution is -2.16. The molecule has 0 fully saturated rings. The lowest BCUT2D eigenvalue weighted by molar-refractivity contribution is -0.172. The first-order valence-electron chi connectivity index (χ1n) is 3.27. The second-order valence-electron chi connectivity index (χ2n) is 1.91. The third kappa shape index (κ3) is 6.54. The van der Waals surface area contributed by atoms with E-state index in [0.717, 1.165) is 0 Å². The Morgan fingerprint density at radius 2 is 2.00 bits per heavy atom. The predicted octanol–water partition coefficient (Wildman–Crippen LogP) is -0.311. The summed E-state index contributed by atoms with van der Waals surface area (Å²) >= 11 is 0. The van der Waals surface area contributed by atoms with Crippen LogP contribution >= 0.6 is 0 Å². The summed E-state index contributed by atoms with van der Waals surface area (Å²) in [5, 5.41) is 8.12. The minimum atomic E-state index is -1.26. The number of esters is 1. The van der Waals surface area contributed by atoms with E-state index in [2.05, 4.69) is 9.47 Å². The Morgan fingerprint density at radius 3 is 2.46 bits per heavy atom. The van der Waals surface area contributed by atoms with E-state index in [0.29, 0.717) is 12.2 Å². The molecule has 0 bridgehead atoms. The molecule has 0 amide bonds. The monoisotopic (exact) mass is 188 g/mol. The highest BCUT2D eigenvalue weighted by atomic mass is 16.7. The van der Waals surface area contributed by atoms with Gasteiger partial charge in [-0.1, -0.05) is 0 Å². The van der Waals surface area contributed by atoms with Gasteiger partial charge < -0.3 is 14.6 Å². The summed E-state index contributed by atoms with van der Waals surface area (Å²) in [5.74, 6) is -2.15. The van der Waals surface area contributed by atoms with E-state index in [1.54, 1.807) is 0 Å². The maximum absolute atomic E-state index is 10.7. The fourth-order valence-electron chi connectivity index (χ4n) is 0.448. The van der Waals surface area contributed by atoms with Gasteiger partial charge in [-0.3, -0.25) is 4.79 Å². The highest BCUT2D eigenvalue weighted by molar-refractivity contribution is 5.90. The average Bonchev–Trinajstić information content (AvgIpc) is 2.01. The zero-order chi connectivity index (χ0) is 10.3. The van der Waals surface area contributed by atoms with Crippen LogP contribution in [0.1, 0.15) is 6.92 Å². The van der Waals surface area contributed by atoms with Crippen LogP contribution in [-0.4, -0.2) is 29.8 Å². The van der Waals surface area contributed by atoms with Gasteiger partial charge in [-0.15, -0.1) is 0 Å². The summed E-state index contributed by atoms with van der Waals surface area (Å²) in [6.45, 7) is 1.44. The SMILES string of the molecule is CC(OC=O)OC(=O)/C=C/C(=O)O. The van der Waals surface area contributed by atoms with Gasteiger partial charge in [0.15, 0.2) is 0 Å². The molecule has 0 saturated heterocycles. The molecular formula is C7H8O6. The van der Waals surface area contributed by atoms with Crippen LogP contribution in [0.2, 0.25) is 0 Å². The molecule has 0 heterocycles. The van der Waals surface area contributed by atoms with E-state index in [4.69, 9.17) is 5.11 Å². The van der Waals surface area contributed by atoms with E-state index in [1.807, 2.05) is 0 Å². The summed E-state index contributed by atoms with van der Waals surface area (Å²) in [4.78, 5) is 30.3. The molecule has 0 aliphatic carbocycles. The molecule has 72 valence electrons. The van der Waals surface area contributed by atoms with Crippen molar-refractivity contribution < 1.29 is 29.0 Å². The molecule has 0 aromatic heterocycles. The molecule has 0 aromatic rings. The molecule has 0 spiro atoms. The van der Waals surface area contributed by atoms with Crippen LogP contribution in [-0.2, 0) is 23.9 Å². The zero-order valence-electron chi connectivity index (χ0n) is 6.80. The molecule has 0 aliphatic rings. The third-order valence-electron chi connectivity index (χ3n) is 0.891. The summed E-state index contributed by atoms with van der Waals surface area (Å²) in [5.41, 5.74) is 0. The van der Waals surface area contributed by atoms with Crippen LogP contribution in [0.5, 0.6) is 0 Å². The normalized spacial score (nSPS) is 12.1. The standard InChI is InChI=1S/C7H8O6/c1-5(12-4-8)13-7(11)3-2-6(9)10/h2-5H,1H3,(H,9,10)/b3-2+. The first-order chi connectivity index (χ1) is 6.06. The number of aliphatic carboxylic acids is 1. The molecule has 1 N–H and O–H groups in total. The topological polar surface area (TPSA) is 89.9 Å². The van der Waals surface area contributed by atoms with Gasteiger partial charge in [0.1, 0.15) is 0 Å². The molecule has 0 rings (SSSR count). The molecular weight excluding hydrogens is 180 g/mol. The minimum absolute atomic E-state index is 0.124. The van der Waals surface area contributed by atoms with Gasteiger partial charge in [-0.25, -0.2) is 9.59 Å². The number of carboxylic acid groups (broad SMARTS) is 1. The molecule has 6 nitrogen and oxygen atoms in total. The maximum atomic E-state index is 10.7. The fraction of sp³-hybridized carbons (Fsp3) is 0.286. The van der Waals surface area contributed by atoms with Gasteiger partial charge in [-0.2, -0.15) is 0 Å². The van der Waals surface area contributed by atoms with E-state index < -0.39 is 18.2 Å². The third-order valence-corrected chi connectivity index (χ3v) is 0.891. The van der Waals surface area contributed by atoms with Gasteiger partial charge in [0.2, 0.25) is 6.29 Å². The quantitative estimate of drug-likeness (QED) is 0.275. The smallest absolute Gasteiger partial charge is 0.334 e. The van der Waals surface area contributed by atoms with Crippen LogP contribution in [0, 0.1) is 0 Å². The molecule has 0 radical (unpaired) electrons. The van der Waals surface area contributed by atoms with Crippen molar-refractivity contribution in [1.29, 1.82) is 0 Å². The van der Waals surface area contributed by atoms with Gasteiger partial charge in [-0.05, 0) is 0 Å². The van der Waals surface area contributed by atoms with Crippen LogP contribution in [0.4, 0.5) is 0 Å². The lowest BCUT2D eigenvalue weighted by Gasteiger charge is -2.07. The largest absolute Gasteiger partial charge is 0.478 e. The van der Waals surface area contributed by atoms with Crippen LogP contribution in [0.3, 0.4) is 0 Å². The van der Waals surface area contributed by atoms with E-state index in [9.17, 15) is 14.4 Å². The highest BCUT2D eigenvalue weighted by Crippen LogP contribution is 1.92. The average molecular weight is 188 g/mol. The first kappa shape index (κ1) is 11.2. The Hall–Kier alpha value is -1.85. The Labute approximate surface area is 73.7 Å². The summed E-state index contributed by atoms with van der Waals surface area (Å²) in [7, 11) is 0. The zero-order valence-corrected chi connectivity index (χ0v) is 6.80. The number of hydrogen-bond donors (Lipinski definition) is 1. The van der Waals surface area contributed by atoms with Crippen LogP contribution < -0.4 is 0 Å². The molecule has 0 saturated carbocycles. The fourth-order valence-corrected chi connectivity index (χ4v) is 0.448. The van der Waals surface area contributed by atoms with Crippen molar-refractivity contribution in [3.05, 3.63) is 12.2 Å². The Balaban J connectivity index is 3.86. The van der Waals surface area contributed by atoms with Gasteiger partial charge in [0, 0.05) is 19.1 Å². The summed E-state index contributed by atoms with van der Waals surface area (Å²) in [6.07, 6.45) is 0.312. The molecule has 1 unspecified atom stereocenters. The number of rotatable bonds is 5. The van der Waals surface area contributed by atoms with Crippen molar-refractivity contribution in [3.8, 4) is 0 Å². The second kappa shape index (κ2) is 5.76. The number of ether oxygens (including phenoxy) is 2. The molecule has 0 aromatic carbocycles. The van der Waals surface area contributed by atoms with Crippen molar-refractivity contribution in [2.75, 3.05) is 0 Å². The van der Waals surface area contributed by atoms with Gasteiger partial charge >= 0.3 is 11.9 Å². The second-order valence-corrected chi connectivity index (χ2v) is 1.91. The van der Waals surface area contributed by atoms with Crippen molar-refractivity contribution in [2.24, 2.45) is 0 Å². The van der Waals surface area contributed by atoms with Gasteiger partial charge in [0.05, 0.1) is 0 Å². The molecule has 1 atom stereocenters. The highest BCUT2D eigenvalue weighted by Gasteiger charge is 2.05. The van der Waals surface area contributed by atoms with Crippen molar-refractivity contribution in [3.63, 3.8) is 0 Å². The minimum Gasteiger partial charge on any atom is -0.478 e. The number of carboxylic acids is 1. The van der Waals surface area contributed by atoms with E-state index >= 15 is 0 Å². The van der Waals surface area contributed by atoms with E-state index in [1.165, 1.54) is 6.92 Å². The van der Waals surface area contributed by atoms with Crippen LogP contribution in [0.15, 0.2) is 12.2 Å². The van der Waals surface area contributed by atoms with Crippen molar-refractivity contribution >= 4 is 18.4 Å². The Kier molecular flexibility index (Phi) is 4.94. The molecule has 6 heteroatoms. The number of carbonyl (C=O) groups is 3. The van der Waals surface area contributed by atoms with Crippen LogP contribution in [0.25, 0.3) is 0 Å². The number of hydrogen-bond acceptors (Lipinski definition) is 5. The van der Waals surface area contributed by atoms with Crippen molar-refractivity contribution in [2.45, 2.75) is 13.2 Å². The number of carbonyl (C=O) groups excluding carboxylic acids is 2. The van der Waals surface area contributed by atoms with Crippen molar-refractivity contribution in [1.82, 2.24) is 0 Å².